The number of methoxy groups -OCH3 is 1. The van der Waals surface area contributed by atoms with Crippen molar-refractivity contribution >= 4 is 57.3 Å². The van der Waals surface area contributed by atoms with Gasteiger partial charge in [0, 0.05) is 15.7 Å². The van der Waals surface area contributed by atoms with Gasteiger partial charge in [0.15, 0.2) is 0 Å². The summed E-state index contributed by atoms with van der Waals surface area (Å²) in [6.07, 6.45) is 1.51. The van der Waals surface area contributed by atoms with Crippen LogP contribution < -0.4 is 4.74 Å². The lowest BCUT2D eigenvalue weighted by atomic mass is 10.1. The van der Waals surface area contributed by atoms with Crippen LogP contribution in [-0.2, 0) is 11.3 Å². The summed E-state index contributed by atoms with van der Waals surface area (Å²) in [7, 11) is 1.41. The van der Waals surface area contributed by atoms with Gasteiger partial charge in [-0.3, -0.25) is 24.6 Å². The van der Waals surface area contributed by atoms with Gasteiger partial charge in [-0.05, 0) is 70.2 Å². The number of nitrogens with zero attached hydrogens (tertiary/aromatic N) is 2. The fourth-order valence-electron chi connectivity index (χ4n) is 3.11. The highest BCUT2D eigenvalue weighted by Crippen LogP contribution is 2.37. The molecule has 1 fully saturated rings. The molecule has 2 heterocycles. The third kappa shape index (κ3) is 4.55. The van der Waals surface area contributed by atoms with E-state index in [1.807, 2.05) is 24.3 Å². The molecule has 8 nitrogen and oxygen atoms in total. The Morgan fingerprint density at radius 3 is 2.59 bits per heavy atom. The molecule has 1 aliphatic heterocycles. The van der Waals surface area contributed by atoms with Gasteiger partial charge in [-0.1, -0.05) is 12.1 Å². The number of hydrogen-bond donors (Lipinski definition) is 0. The molecule has 2 amide bonds. The highest BCUT2D eigenvalue weighted by Gasteiger charge is 2.35. The Morgan fingerprint density at radius 2 is 1.91 bits per heavy atom. The summed E-state index contributed by atoms with van der Waals surface area (Å²) in [6.45, 7) is 0.197. The first-order valence-corrected chi connectivity index (χ1v) is 11.2. The molecule has 0 spiro atoms. The fraction of sp³-hybridized carbons (Fsp3) is 0.0909. The standard InChI is InChI=1S/C22H15IN2O6S/c1-30-19-10-15(25(28)29)6-8-17(19)18-9-7-16(31-18)11-20-21(26)24(22(27)32-20)12-13-2-4-14(23)5-3-13/h2-11H,12H2,1H3/b20-11+. The fourth-order valence-corrected chi connectivity index (χ4v) is 4.29. The van der Waals surface area contributed by atoms with Crippen LogP contribution in [0.25, 0.3) is 17.4 Å². The van der Waals surface area contributed by atoms with Crippen LogP contribution >= 0.6 is 34.4 Å². The minimum Gasteiger partial charge on any atom is -0.496 e. The summed E-state index contributed by atoms with van der Waals surface area (Å²) in [6, 6.07) is 15.1. The molecule has 32 heavy (non-hydrogen) atoms. The van der Waals surface area contributed by atoms with E-state index in [0.29, 0.717) is 17.1 Å². The van der Waals surface area contributed by atoms with Crippen molar-refractivity contribution in [2.75, 3.05) is 7.11 Å². The molecule has 10 heteroatoms. The Bertz CT molecular complexity index is 1250. The highest BCUT2D eigenvalue weighted by atomic mass is 127. The molecule has 0 aliphatic carbocycles. The SMILES string of the molecule is COc1cc([N+](=O)[O-])ccc1-c1ccc(/C=C2/SC(=O)N(Cc3ccc(I)cc3)C2=O)o1. The van der Waals surface area contributed by atoms with Crippen LogP contribution in [0.2, 0.25) is 0 Å². The number of rotatable bonds is 6. The summed E-state index contributed by atoms with van der Waals surface area (Å²) in [5.74, 6) is 0.698. The van der Waals surface area contributed by atoms with E-state index in [4.69, 9.17) is 9.15 Å². The molecule has 0 radical (unpaired) electrons. The molecule has 1 aromatic heterocycles. The quantitative estimate of drug-likeness (QED) is 0.164. The first kappa shape index (κ1) is 22.1. The zero-order valence-electron chi connectivity index (χ0n) is 16.6. The zero-order chi connectivity index (χ0) is 22.8. The van der Waals surface area contributed by atoms with Crippen molar-refractivity contribution in [2.45, 2.75) is 6.54 Å². The minimum absolute atomic E-state index is 0.0980. The van der Waals surface area contributed by atoms with Gasteiger partial charge in [0.2, 0.25) is 0 Å². The molecule has 0 bridgehead atoms. The van der Waals surface area contributed by atoms with Crippen molar-refractivity contribution in [1.29, 1.82) is 0 Å². The number of furan rings is 1. The molecule has 162 valence electrons. The minimum atomic E-state index is -0.508. The lowest BCUT2D eigenvalue weighted by molar-refractivity contribution is -0.384. The maximum Gasteiger partial charge on any atom is 0.293 e. The number of thioether (sulfide) groups is 1. The molecule has 4 rings (SSSR count). The summed E-state index contributed by atoms with van der Waals surface area (Å²) in [5, 5.41) is 10.6. The number of carbonyl (C=O) groups is 2. The number of nitro benzene ring substituents is 1. The number of nitro groups is 1. The monoisotopic (exact) mass is 562 g/mol. The lowest BCUT2D eigenvalue weighted by Gasteiger charge is -2.12. The Hall–Kier alpha value is -3.12. The summed E-state index contributed by atoms with van der Waals surface area (Å²) in [5.41, 5.74) is 1.29. The van der Waals surface area contributed by atoms with Crippen molar-refractivity contribution < 1.29 is 23.7 Å². The van der Waals surface area contributed by atoms with Crippen molar-refractivity contribution in [3.05, 3.63) is 84.5 Å². The summed E-state index contributed by atoms with van der Waals surface area (Å²) >= 11 is 3.05. The number of hydrogen-bond acceptors (Lipinski definition) is 7. The molecule has 0 saturated carbocycles. The topological polar surface area (TPSA) is 103 Å². The van der Waals surface area contributed by atoms with Crippen LogP contribution in [0, 0.1) is 13.7 Å². The number of non-ortho nitro benzene ring substituents is 1. The van der Waals surface area contributed by atoms with Crippen molar-refractivity contribution in [3.63, 3.8) is 0 Å². The normalized spacial score (nSPS) is 14.9. The average Bonchev–Trinajstić information content (AvgIpc) is 3.34. The predicted molar refractivity (Wildman–Crippen MR) is 128 cm³/mol. The number of imide groups is 1. The maximum atomic E-state index is 12.8. The summed E-state index contributed by atoms with van der Waals surface area (Å²) < 4.78 is 12.1. The third-order valence-electron chi connectivity index (χ3n) is 4.69. The van der Waals surface area contributed by atoms with Gasteiger partial charge in [0.25, 0.3) is 16.8 Å². The van der Waals surface area contributed by atoms with E-state index in [0.717, 1.165) is 20.9 Å². The van der Waals surface area contributed by atoms with Crippen LogP contribution in [0.4, 0.5) is 10.5 Å². The van der Waals surface area contributed by atoms with E-state index in [2.05, 4.69) is 22.6 Å². The van der Waals surface area contributed by atoms with Crippen LogP contribution in [-0.4, -0.2) is 28.1 Å². The molecule has 2 aromatic carbocycles. The maximum absolute atomic E-state index is 12.8. The number of halogens is 1. The third-order valence-corrected chi connectivity index (χ3v) is 6.32. The molecule has 0 unspecified atom stereocenters. The van der Waals surface area contributed by atoms with Crippen molar-refractivity contribution in [3.8, 4) is 17.1 Å². The van der Waals surface area contributed by atoms with E-state index in [9.17, 15) is 19.7 Å². The molecular formula is C22H15IN2O6S. The van der Waals surface area contributed by atoms with Crippen molar-refractivity contribution in [1.82, 2.24) is 4.90 Å². The average molecular weight is 562 g/mol. The van der Waals surface area contributed by atoms with Gasteiger partial charge in [-0.2, -0.15) is 0 Å². The number of amides is 2. The largest absolute Gasteiger partial charge is 0.496 e. The van der Waals surface area contributed by atoms with Crippen molar-refractivity contribution in [2.24, 2.45) is 0 Å². The summed E-state index contributed by atoms with van der Waals surface area (Å²) in [4.78, 5) is 37.1. The molecular weight excluding hydrogens is 547 g/mol. The van der Waals surface area contributed by atoms with Gasteiger partial charge in [-0.25, -0.2) is 0 Å². The number of carbonyl (C=O) groups excluding carboxylic acids is 2. The first-order chi connectivity index (χ1) is 15.4. The van der Waals surface area contributed by atoms with Crippen LogP contribution in [0.1, 0.15) is 11.3 Å². The second-order valence-corrected chi connectivity index (χ2v) is 8.98. The highest BCUT2D eigenvalue weighted by molar-refractivity contribution is 14.1. The van der Waals surface area contributed by atoms with E-state index in [1.165, 1.54) is 36.3 Å². The van der Waals surface area contributed by atoms with Gasteiger partial charge < -0.3 is 9.15 Å². The smallest absolute Gasteiger partial charge is 0.293 e. The first-order valence-electron chi connectivity index (χ1n) is 9.28. The van der Waals surface area contributed by atoms with Gasteiger partial charge in [-0.15, -0.1) is 0 Å². The molecule has 0 atom stereocenters. The second-order valence-electron chi connectivity index (χ2n) is 6.74. The van der Waals surface area contributed by atoms with Crippen LogP contribution in [0.15, 0.2) is 63.9 Å². The van der Waals surface area contributed by atoms with E-state index in [1.54, 1.807) is 12.1 Å². The van der Waals surface area contributed by atoms with E-state index >= 15 is 0 Å². The number of benzene rings is 2. The molecule has 3 aromatic rings. The lowest BCUT2D eigenvalue weighted by Crippen LogP contribution is -2.27. The van der Waals surface area contributed by atoms with E-state index in [-0.39, 0.29) is 34.0 Å². The Labute approximate surface area is 200 Å². The van der Waals surface area contributed by atoms with Gasteiger partial charge in [0.05, 0.1) is 35.1 Å². The predicted octanol–water partition coefficient (Wildman–Crippen LogP) is 5.70. The Balaban J connectivity index is 1.55. The second kappa shape index (κ2) is 9.17. The zero-order valence-corrected chi connectivity index (χ0v) is 19.6. The van der Waals surface area contributed by atoms with Crippen LogP contribution in [0.3, 0.4) is 0 Å². The van der Waals surface area contributed by atoms with E-state index < -0.39 is 4.92 Å². The number of ether oxygens (including phenoxy) is 1. The molecule has 0 N–H and O–H groups in total. The van der Waals surface area contributed by atoms with Gasteiger partial charge >= 0.3 is 0 Å². The molecule has 1 aliphatic rings. The Kier molecular flexibility index (Phi) is 6.33. The van der Waals surface area contributed by atoms with Gasteiger partial charge in [0.1, 0.15) is 17.3 Å². The van der Waals surface area contributed by atoms with Crippen LogP contribution in [0.5, 0.6) is 5.75 Å². The Morgan fingerprint density at radius 1 is 1.16 bits per heavy atom. The molecule has 1 saturated heterocycles.